The largest absolute Gasteiger partial charge is 0.493 e. The van der Waals surface area contributed by atoms with Crippen molar-refractivity contribution in [1.29, 1.82) is 0 Å². The maximum absolute atomic E-state index is 12.4. The van der Waals surface area contributed by atoms with Crippen molar-refractivity contribution in [2.75, 3.05) is 20.8 Å². The monoisotopic (exact) mass is 431 g/mol. The molecule has 0 aliphatic rings. The van der Waals surface area contributed by atoms with Gasteiger partial charge < -0.3 is 18.9 Å². The van der Waals surface area contributed by atoms with E-state index in [1.54, 1.807) is 44.7 Å². The first-order valence-corrected chi connectivity index (χ1v) is 10.1. The molecule has 32 heavy (non-hydrogen) atoms. The van der Waals surface area contributed by atoms with Gasteiger partial charge in [0.15, 0.2) is 23.0 Å². The van der Waals surface area contributed by atoms with Crippen LogP contribution in [0.1, 0.15) is 23.7 Å². The number of rotatable bonds is 9. The Balaban J connectivity index is 1.72. The molecule has 1 heterocycles. The Hall–Kier alpha value is -4.06. The molecule has 0 amide bonds. The second kappa shape index (κ2) is 11.4. The zero-order valence-corrected chi connectivity index (χ0v) is 18.3. The second-order valence-electron chi connectivity index (χ2n) is 6.60. The van der Waals surface area contributed by atoms with Crippen LogP contribution in [0, 0.1) is 0 Å². The lowest BCUT2D eigenvalue weighted by atomic mass is 10.1. The number of carbonyl (C=O) groups excluding carboxylic acids is 1. The molecule has 0 saturated heterocycles. The van der Waals surface area contributed by atoms with Crippen LogP contribution < -0.4 is 18.9 Å². The van der Waals surface area contributed by atoms with Crippen molar-refractivity contribution in [3.05, 3.63) is 83.7 Å². The number of carbonyl (C=O) groups is 1. The minimum atomic E-state index is -0.516. The fraction of sp³-hybridized carbons (Fsp3) is 0.154. The molecule has 164 valence electrons. The fourth-order valence-corrected chi connectivity index (χ4v) is 2.90. The van der Waals surface area contributed by atoms with Gasteiger partial charge in [0, 0.05) is 12.3 Å². The number of esters is 1. The van der Waals surface area contributed by atoms with Crippen LogP contribution in [0.4, 0.5) is 0 Å². The average Bonchev–Trinajstić information content (AvgIpc) is 2.83. The van der Waals surface area contributed by atoms with Crippen LogP contribution in [-0.4, -0.2) is 31.8 Å². The van der Waals surface area contributed by atoms with Gasteiger partial charge in [-0.3, -0.25) is 4.98 Å². The summed E-state index contributed by atoms with van der Waals surface area (Å²) in [6, 6.07) is 16.5. The maximum atomic E-state index is 12.4. The SMILES string of the molecule is CCOc1cc(/C=C/c2ccccn2)ccc1OC(=O)/C=C/c1ccc(OC)c(OC)c1. The topological polar surface area (TPSA) is 66.9 Å². The molecule has 3 rings (SSSR count). The van der Waals surface area contributed by atoms with Crippen molar-refractivity contribution < 1.29 is 23.7 Å². The number of nitrogens with zero attached hydrogens (tertiary/aromatic N) is 1. The normalized spacial score (nSPS) is 11.0. The van der Waals surface area contributed by atoms with E-state index in [1.165, 1.54) is 6.08 Å². The maximum Gasteiger partial charge on any atom is 0.336 e. The van der Waals surface area contributed by atoms with E-state index in [0.717, 1.165) is 16.8 Å². The van der Waals surface area contributed by atoms with Crippen LogP contribution in [0.5, 0.6) is 23.0 Å². The number of hydrogen-bond acceptors (Lipinski definition) is 6. The number of methoxy groups -OCH3 is 2. The Morgan fingerprint density at radius 2 is 1.56 bits per heavy atom. The summed E-state index contributed by atoms with van der Waals surface area (Å²) in [6.45, 7) is 2.32. The van der Waals surface area contributed by atoms with E-state index >= 15 is 0 Å². The number of ether oxygens (including phenoxy) is 4. The summed E-state index contributed by atoms with van der Waals surface area (Å²) in [6.07, 6.45) is 8.57. The standard InChI is InChI=1S/C26H25NO5/c1-4-31-25-18-19(8-12-21-7-5-6-16-27-21)10-14-23(25)32-26(28)15-11-20-9-13-22(29-2)24(17-20)30-3/h5-18H,4H2,1-3H3/b12-8+,15-11+. The molecule has 0 radical (unpaired) electrons. The molecule has 0 bridgehead atoms. The zero-order chi connectivity index (χ0) is 22.8. The zero-order valence-electron chi connectivity index (χ0n) is 18.3. The Kier molecular flexibility index (Phi) is 8.03. The van der Waals surface area contributed by atoms with Crippen LogP contribution in [0.15, 0.2) is 66.9 Å². The lowest BCUT2D eigenvalue weighted by Gasteiger charge is -2.10. The first-order chi connectivity index (χ1) is 15.6. The Bertz CT molecular complexity index is 1110. The van der Waals surface area contributed by atoms with E-state index in [-0.39, 0.29) is 0 Å². The average molecular weight is 431 g/mol. The lowest BCUT2D eigenvalue weighted by Crippen LogP contribution is -2.06. The minimum Gasteiger partial charge on any atom is -0.493 e. The summed E-state index contributed by atoms with van der Waals surface area (Å²) in [5.41, 5.74) is 2.53. The van der Waals surface area contributed by atoms with Crippen LogP contribution in [-0.2, 0) is 4.79 Å². The highest BCUT2D eigenvalue weighted by atomic mass is 16.6. The van der Waals surface area contributed by atoms with Gasteiger partial charge in [-0.1, -0.05) is 24.3 Å². The van der Waals surface area contributed by atoms with Crippen molar-refractivity contribution in [3.8, 4) is 23.0 Å². The molecular weight excluding hydrogens is 406 g/mol. The Morgan fingerprint density at radius 1 is 0.844 bits per heavy atom. The van der Waals surface area contributed by atoms with Gasteiger partial charge in [0.2, 0.25) is 0 Å². The van der Waals surface area contributed by atoms with Gasteiger partial charge in [-0.15, -0.1) is 0 Å². The van der Waals surface area contributed by atoms with E-state index in [0.29, 0.717) is 29.6 Å². The van der Waals surface area contributed by atoms with Gasteiger partial charge in [0.1, 0.15) is 0 Å². The quantitative estimate of drug-likeness (QED) is 0.261. The van der Waals surface area contributed by atoms with Crippen LogP contribution >= 0.6 is 0 Å². The van der Waals surface area contributed by atoms with E-state index in [2.05, 4.69) is 4.98 Å². The summed E-state index contributed by atoms with van der Waals surface area (Å²) in [5, 5.41) is 0. The van der Waals surface area contributed by atoms with Crippen molar-refractivity contribution in [1.82, 2.24) is 4.98 Å². The number of hydrogen-bond donors (Lipinski definition) is 0. The molecule has 0 aliphatic carbocycles. The third kappa shape index (κ3) is 6.22. The van der Waals surface area contributed by atoms with Gasteiger partial charge in [-0.05, 0) is 66.6 Å². The molecule has 6 heteroatoms. The molecule has 0 fully saturated rings. The summed E-state index contributed by atoms with van der Waals surface area (Å²) in [4.78, 5) is 16.6. The second-order valence-corrected chi connectivity index (χ2v) is 6.60. The molecule has 0 aliphatic heterocycles. The van der Waals surface area contributed by atoms with Crippen molar-refractivity contribution in [2.45, 2.75) is 6.92 Å². The molecule has 2 aromatic carbocycles. The molecule has 1 aromatic heterocycles. The Morgan fingerprint density at radius 3 is 2.25 bits per heavy atom. The lowest BCUT2D eigenvalue weighted by molar-refractivity contribution is -0.129. The highest BCUT2D eigenvalue weighted by Crippen LogP contribution is 2.30. The van der Waals surface area contributed by atoms with Crippen molar-refractivity contribution in [3.63, 3.8) is 0 Å². The van der Waals surface area contributed by atoms with Crippen LogP contribution in [0.2, 0.25) is 0 Å². The first-order valence-electron chi connectivity index (χ1n) is 10.1. The molecular formula is C26H25NO5. The van der Waals surface area contributed by atoms with E-state index < -0.39 is 5.97 Å². The van der Waals surface area contributed by atoms with E-state index in [4.69, 9.17) is 18.9 Å². The van der Waals surface area contributed by atoms with Crippen LogP contribution in [0.25, 0.3) is 18.2 Å². The number of aromatic nitrogens is 1. The molecule has 0 saturated carbocycles. The molecule has 0 atom stereocenters. The molecule has 6 nitrogen and oxygen atoms in total. The summed E-state index contributed by atoms with van der Waals surface area (Å²) in [5.74, 6) is 1.52. The molecule has 0 unspecified atom stereocenters. The van der Waals surface area contributed by atoms with Gasteiger partial charge >= 0.3 is 5.97 Å². The minimum absolute atomic E-state index is 0.351. The molecule has 3 aromatic rings. The first kappa shape index (κ1) is 22.6. The highest BCUT2D eigenvalue weighted by Gasteiger charge is 2.10. The third-order valence-electron chi connectivity index (χ3n) is 4.43. The number of pyridine rings is 1. The van der Waals surface area contributed by atoms with Gasteiger partial charge in [0.05, 0.1) is 26.5 Å². The smallest absolute Gasteiger partial charge is 0.336 e. The van der Waals surface area contributed by atoms with Gasteiger partial charge in [-0.2, -0.15) is 0 Å². The predicted molar refractivity (Wildman–Crippen MR) is 125 cm³/mol. The summed E-state index contributed by atoms with van der Waals surface area (Å²) in [7, 11) is 3.13. The van der Waals surface area contributed by atoms with Gasteiger partial charge in [-0.25, -0.2) is 4.79 Å². The van der Waals surface area contributed by atoms with Gasteiger partial charge in [0.25, 0.3) is 0 Å². The molecule has 0 spiro atoms. The Labute approximate surface area is 187 Å². The summed E-state index contributed by atoms with van der Waals surface area (Å²) >= 11 is 0. The third-order valence-corrected chi connectivity index (χ3v) is 4.43. The van der Waals surface area contributed by atoms with E-state index in [1.807, 2.05) is 55.5 Å². The molecule has 0 N–H and O–H groups in total. The number of benzene rings is 2. The van der Waals surface area contributed by atoms with Crippen molar-refractivity contribution >= 4 is 24.2 Å². The fourth-order valence-electron chi connectivity index (χ4n) is 2.90. The van der Waals surface area contributed by atoms with E-state index in [9.17, 15) is 4.79 Å². The predicted octanol–water partition coefficient (Wildman–Crippen LogP) is 5.29. The van der Waals surface area contributed by atoms with Crippen molar-refractivity contribution in [2.24, 2.45) is 0 Å². The highest BCUT2D eigenvalue weighted by molar-refractivity contribution is 5.89. The summed E-state index contributed by atoms with van der Waals surface area (Å²) < 4.78 is 21.7. The van der Waals surface area contributed by atoms with Crippen LogP contribution in [0.3, 0.4) is 0 Å².